The van der Waals surface area contributed by atoms with E-state index in [4.69, 9.17) is 0 Å². The largest absolute Gasteiger partial charge is 0.478 e. The van der Waals surface area contributed by atoms with E-state index in [1.807, 2.05) is 13.1 Å². The van der Waals surface area contributed by atoms with Crippen molar-refractivity contribution in [3.05, 3.63) is 22.4 Å². The van der Waals surface area contributed by atoms with E-state index in [1.165, 1.54) is 25.7 Å². The van der Waals surface area contributed by atoms with E-state index < -0.39 is 5.97 Å². The molecule has 0 radical (unpaired) electrons. The summed E-state index contributed by atoms with van der Waals surface area (Å²) in [4.78, 5) is 18.4. The fourth-order valence-electron chi connectivity index (χ4n) is 3.64. The number of benzene rings is 1. The third-order valence-corrected chi connectivity index (χ3v) is 5.86. The Morgan fingerprint density at radius 1 is 1.32 bits per heavy atom. The molecule has 1 N–H and O–H groups in total. The number of nitrogens with zero attached hydrogens (tertiary/aromatic N) is 3. The number of hydrogen-bond donors (Lipinski definition) is 1. The summed E-state index contributed by atoms with van der Waals surface area (Å²) < 4.78 is 2.65. The second kappa shape index (κ2) is 4.72. The molecule has 2 heterocycles. The summed E-state index contributed by atoms with van der Waals surface area (Å²) in [6, 6.07) is 1.92. The highest BCUT2D eigenvalue weighted by atomic mass is 79.9. The molecule has 1 saturated carbocycles. The van der Waals surface area contributed by atoms with Crippen molar-refractivity contribution in [2.45, 2.75) is 25.7 Å². The van der Waals surface area contributed by atoms with Crippen molar-refractivity contribution < 1.29 is 9.90 Å². The van der Waals surface area contributed by atoms with Crippen LogP contribution in [0.3, 0.4) is 0 Å². The number of aromatic carboxylic acids is 1. The van der Waals surface area contributed by atoms with Crippen LogP contribution in [0.15, 0.2) is 16.9 Å². The molecule has 2 aromatic rings. The van der Waals surface area contributed by atoms with Crippen LogP contribution in [0.5, 0.6) is 0 Å². The highest BCUT2D eigenvalue weighted by Gasteiger charge is 2.44. The molecule has 1 spiro atoms. The first kappa shape index (κ1) is 14.1. The van der Waals surface area contributed by atoms with Crippen molar-refractivity contribution in [1.82, 2.24) is 9.55 Å². The molecule has 0 bridgehead atoms. The van der Waals surface area contributed by atoms with Gasteiger partial charge in [0.1, 0.15) is 11.1 Å². The van der Waals surface area contributed by atoms with E-state index in [0.29, 0.717) is 22.0 Å². The van der Waals surface area contributed by atoms with Gasteiger partial charge in [0, 0.05) is 24.6 Å². The SMILES string of the molecule is Cn1cnc2c(Br)cc(N3CCC4(CC3)CC4)c(C(=O)O)c21. The number of anilines is 1. The molecular formula is C16H18BrN3O2. The Morgan fingerprint density at radius 2 is 2.00 bits per heavy atom. The van der Waals surface area contributed by atoms with Crippen LogP contribution in [0.1, 0.15) is 36.0 Å². The molecule has 0 amide bonds. The van der Waals surface area contributed by atoms with Gasteiger partial charge >= 0.3 is 5.97 Å². The van der Waals surface area contributed by atoms with Crippen LogP contribution in [-0.2, 0) is 7.05 Å². The van der Waals surface area contributed by atoms with Crippen LogP contribution >= 0.6 is 15.9 Å². The summed E-state index contributed by atoms with van der Waals surface area (Å²) in [5, 5.41) is 9.76. The van der Waals surface area contributed by atoms with E-state index in [9.17, 15) is 9.90 Å². The van der Waals surface area contributed by atoms with Crippen LogP contribution in [0.4, 0.5) is 5.69 Å². The maximum absolute atomic E-state index is 11.9. The van der Waals surface area contributed by atoms with Crippen LogP contribution in [0, 0.1) is 5.41 Å². The fourth-order valence-corrected chi connectivity index (χ4v) is 4.15. The topological polar surface area (TPSA) is 58.4 Å². The maximum atomic E-state index is 11.9. The Hall–Kier alpha value is -1.56. The lowest BCUT2D eigenvalue weighted by molar-refractivity contribution is 0.0699. The molecule has 5 nitrogen and oxygen atoms in total. The van der Waals surface area contributed by atoms with Gasteiger partial charge in [-0.25, -0.2) is 9.78 Å². The number of carboxylic acid groups (broad SMARTS) is 1. The third kappa shape index (κ3) is 2.04. The second-order valence-corrected chi connectivity index (χ2v) is 7.45. The van der Waals surface area contributed by atoms with Gasteiger partial charge in [0.05, 0.1) is 17.5 Å². The smallest absolute Gasteiger partial charge is 0.340 e. The lowest BCUT2D eigenvalue weighted by Crippen LogP contribution is -2.35. The summed E-state index contributed by atoms with van der Waals surface area (Å²) in [5.74, 6) is -0.886. The quantitative estimate of drug-likeness (QED) is 0.887. The first-order valence-corrected chi connectivity index (χ1v) is 8.42. The number of fused-ring (bicyclic) bond motifs is 1. The average molecular weight is 364 g/mol. The van der Waals surface area contributed by atoms with Crippen molar-refractivity contribution >= 4 is 38.6 Å². The number of aryl methyl sites for hydroxylation is 1. The normalized spacial score (nSPS) is 19.8. The summed E-state index contributed by atoms with van der Waals surface area (Å²) in [6.07, 6.45) is 6.70. The summed E-state index contributed by atoms with van der Waals surface area (Å²) in [5.41, 5.74) is 3.15. The first-order valence-electron chi connectivity index (χ1n) is 7.63. The maximum Gasteiger partial charge on any atom is 0.340 e. The van der Waals surface area contributed by atoms with Crippen molar-refractivity contribution in [2.24, 2.45) is 12.5 Å². The minimum Gasteiger partial charge on any atom is -0.478 e. The van der Waals surface area contributed by atoms with Gasteiger partial charge in [-0.2, -0.15) is 0 Å². The first-order chi connectivity index (χ1) is 10.5. The highest BCUT2D eigenvalue weighted by molar-refractivity contribution is 9.10. The predicted molar refractivity (Wildman–Crippen MR) is 88.5 cm³/mol. The number of imidazole rings is 1. The van der Waals surface area contributed by atoms with E-state index in [2.05, 4.69) is 25.8 Å². The second-order valence-electron chi connectivity index (χ2n) is 6.60. The summed E-state index contributed by atoms with van der Waals surface area (Å²) in [7, 11) is 1.84. The Labute approximate surface area is 137 Å². The molecule has 1 aromatic heterocycles. The number of rotatable bonds is 2. The third-order valence-electron chi connectivity index (χ3n) is 5.26. The molecule has 2 aliphatic rings. The molecule has 0 unspecified atom stereocenters. The Bertz CT molecular complexity index is 769. The number of piperidine rings is 1. The van der Waals surface area contributed by atoms with Crippen molar-refractivity contribution in [3.8, 4) is 0 Å². The van der Waals surface area contributed by atoms with Gasteiger partial charge in [-0.15, -0.1) is 0 Å². The molecule has 1 aliphatic heterocycles. The highest BCUT2D eigenvalue weighted by Crippen LogP contribution is 2.54. The number of aromatic nitrogens is 2. The zero-order valence-electron chi connectivity index (χ0n) is 12.5. The van der Waals surface area contributed by atoms with Gasteiger partial charge in [-0.1, -0.05) is 0 Å². The molecule has 1 aromatic carbocycles. The Morgan fingerprint density at radius 3 is 2.59 bits per heavy atom. The monoisotopic (exact) mass is 363 g/mol. The molecule has 1 saturated heterocycles. The zero-order chi connectivity index (χ0) is 15.5. The standard InChI is InChI=1S/C16H18BrN3O2/c1-19-9-18-13-10(17)8-11(12(14(13)19)15(21)22)20-6-4-16(2-3-16)5-7-20/h8-9H,2-7H2,1H3,(H,21,22). The molecule has 4 rings (SSSR count). The number of carbonyl (C=O) groups is 1. The molecular weight excluding hydrogens is 346 g/mol. The minimum atomic E-state index is -0.886. The molecule has 22 heavy (non-hydrogen) atoms. The van der Waals surface area contributed by atoms with Crippen molar-refractivity contribution in [2.75, 3.05) is 18.0 Å². The van der Waals surface area contributed by atoms with Crippen LogP contribution in [0.25, 0.3) is 11.0 Å². The lowest BCUT2D eigenvalue weighted by Gasteiger charge is -2.34. The molecule has 6 heteroatoms. The average Bonchev–Trinajstić information content (AvgIpc) is 3.13. The van der Waals surface area contributed by atoms with Gasteiger partial charge in [-0.3, -0.25) is 0 Å². The van der Waals surface area contributed by atoms with Crippen LogP contribution in [-0.4, -0.2) is 33.7 Å². The van der Waals surface area contributed by atoms with Crippen molar-refractivity contribution in [1.29, 1.82) is 0 Å². The van der Waals surface area contributed by atoms with Crippen molar-refractivity contribution in [3.63, 3.8) is 0 Å². The van der Waals surface area contributed by atoms with E-state index in [1.54, 1.807) is 10.9 Å². The predicted octanol–water partition coefficient (Wildman–Crippen LogP) is 3.41. The van der Waals surface area contributed by atoms with Gasteiger partial charge in [-0.05, 0) is 53.1 Å². The summed E-state index contributed by atoms with van der Waals surface area (Å²) in [6.45, 7) is 1.88. The van der Waals surface area contributed by atoms with Crippen LogP contribution < -0.4 is 4.90 Å². The lowest BCUT2D eigenvalue weighted by atomic mass is 9.93. The fraction of sp³-hybridized carbons (Fsp3) is 0.500. The van der Waals surface area contributed by atoms with Gasteiger partial charge < -0.3 is 14.6 Å². The van der Waals surface area contributed by atoms with Crippen LogP contribution in [0.2, 0.25) is 0 Å². The minimum absolute atomic E-state index is 0.366. The number of hydrogen-bond acceptors (Lipinski definition) is 3. The number of halogens is 1. The van der Waals surface area contributed by atoms with Gasteiger partial charge in [0.25, 0.3) is 0 Å². The van der Waals surface area contributed by atoms with E-state index in [0.717, 1.165) is 23.2 Å². The number of carboxylic acids is 1. The van der Waals surface area contributed by atoms with Gasteiger partial charge in [0.15, 0.2) is 0 Å². The zero-order valence-corrected chi connectivity index (χ0v) is 14.1. The Kier molecular flexibility index (Phi) is 3.01. The van der Waals surface area contributed by atoms with E-state index in [-0.39, 0.29) is 0 Å². The summed E-state index contributed by atoms with van der Waals surface area (Å²) >= 11 is 3.55. The van der Waals surface area contributed by atoms with E-state index >= 15 is 0 Å². The Balaban J connectivity index is 1.84. The molecule has 1 aliphatic carbocycles. The van der Waals surface area contributed by atoms with Gasteiger partial charge in [0.2, 0.25) is 0 Å². The molecule has 116 valence electrons. The molecule has 0 atom stereocenters. The molecule has 2 fully saturated rings.